The molecule has 0 aliphatic carbocycles. The predicted octanol–water partition coefficient (Wildman–Crippen LogP) is 3.45. The second kappa shape index (κ2) is 4.22. The van der Waals surface area contributed by atoms with Crippen molar-refractivity contribution < 1.29 is 0 Å². The number of unbranched alkanes of at least 4 members (excludes halogenated alkanes) is 1. The number of hydrogen-bond acceptors (Lipinski definition) is 1. The molecule has 1 nitrogen and oxygen atoms in total. The first kappa shape index (κ1) is 12.0. The lowest BCUT2D eigenvalue weighted by molar-refractivity contribution is -0.0326. The molecule has 0 amide bonds. The van der Waals surface area contributed by atoms with Crippen LogP contribution in [0.15, 0.2) is 0 Å². The minimum Gasteiger partial charge on any atom is -0.316 e. The maximum atomic E-state index is 3.44. The Morgan fingerprint density at radius 3 is 2.21 bits per heavy atom. The van der Waals surface area contributed by atoms with E-state index in [-0.39, 0.29) is 0 Å². The Morgan fingerprint density at radius 2 is 1.93 bits per heavy atom. The average molecular weight is 197 g/mol. The maximum Gasteiger partial charge on any atom is 0.00229 e. The lowest BCUT2D eigenvalue weighted by atomic mass is 9.55. The van der Waals surface area contributed by atoms with Gasteiger partial charge in [0, 0.05) is 13.1 Å². The molecule has 1 rings (SSSR count). The minimum atomic E-state index is 0.522. The lowest BCUT2D eigenvalue weighted by Gasteiger charge is -2.55. The van der Waals surface area contributed by atoms with Crippen molar-refractivity contribution in [2.24, 2.45) is 16.7 Å². The molecule has 0 radical (unpaired) electrons. The summed E-state index contributed by atoms with van der Waals surface area (Å²) in [5.41, 5.74) is 1.06. The van der Waals surface area contributed by atoms with Crippen LogP contribution < -0.4 is 5.32 Å². The van der Waals surface area contributed by atoms with Gasteiger partial charge in [-0.2, -0.15) is 0 Å². The first-order valence-corrected chi connectivity index (χ1v) is 6.17. The van der Waals surface area contributed by atoms with Crippen LogP contribution >= 0.6 is 0 Å². The number of rotatable bonds is 5. The molecule has 14 heavy (non-hydrogen) atoms. The molecule has 0 spiro atoms. The van der Waals surface area contributed by atoms with E-state index in [4.69, 9.17) is 0 Å². The Labute approximate surface area is 89.7 Å². The van der Waals surface area contributed by atoms with Crippen LogP contribution in [-0.4, -0.2) is 13.1 Å². The Morgan fingerprint density at radius 1 is 1.36 bits per heavy atom. The van der Waals surface area contributed by atoms with Gasteiger partial charge < -0.3 is 5.32 Å². The average Bonchev–Trinajstić information content (AvgIpc) is 2.09. The zero-order chi connectivity index (χ0) is 10.8. The Kier molecular flexibility index (Phi) is 3.63. The second-order valence-electron chi connectivity index (χ2n) is 5.84. The molecule has 1 aliphatic rings. The van der Waals surface area contributed by atoms with Crippen LogP contribution in [0.5, 0.6) is 0 Å². The predicted molar refractivity (Wildman–Crippen MR) is 63.4 cm³/mol. The molecule has 84 valence electrons. The Hall–Kier alpha value is -0.0400. The highest BCUT2D eigenvalue weighted by Crippen LogP contribution is 2.50. The summed E-state index contributed by atoms with van der Waals surface area (Å²) < 4.78 is 0. The highest BCUT2D eigenvalue weighted by molar-refractivity contribution is 5.02. The maximum absolute atomic E-state index is 3.44. The topological polar surface area (TPSA) is 12.0 Å². The summed E-state index contributed by atoms with van der Waals surface area (Å²) in [6.45, 7) is 14.4. The smallest absolute Gasteiger partial charge is 0.00229 e. The molecule has 1 heterocycles. The minimum absolute atomic E-state index is 0.522. The van der Waals surface area contributed by atoms with Crippen LogP contribution in [0.3, 0.4) is 0 Å². The summed E-state index contributed by atoms with van der Waals surface area (Å²) in [7, 11) is 0. The van der Waals surface area contributed by atoms with Crippen molar-refractivity contribution in [3.63, 3.8) is 0 Å². The van der Waals surface area contributed by atoms with Crippen molar-refractivity contribution in [2.75, 3.05) is 13.1 Å². The summed E-state index contributed by atoms with van der Waals surface area (Å²) in [5, 5.41) is 3.44. The molecule has 0 aromatic heterocycles. The van der Waals surface area contributed by atoms with Gasteiger partial charge in [0.25, 0.3) is 0 Å². The van der Waals surface area contributed by atoms with Gasteiger partial charge in [-0.25, -0.2) is 0 Å². The molecule has 1 heteroatoms. The van der Waals surface area contributed by atoms with Crippen molar-refractivity contribution in [2.45, 2.75) is 53.9 Å². The first-order valence-electron chi connectivity index (χ1n) is 6.17. The van der Waals surface area contributed by atoms with E-state index in [1.54, 1.807) is 0 Å². The molecular formula is C13H27N. The van der Waals surface area contributed by atoms with Crippen LogP contribution in [0.2, 0.25) is 0 Å². The molecule has 1 fully saturated rings. The highest BCUT2D eigenvalue weighted by atomic mass is 15.0. The van der Waals surface area contributed by atoms with Crippen LogP contribution in [0.25, 0.3) is 0 Å². The third-order valence-corrected chi connectivity index (χ3v) is 4.73. The fourth-order valence-corrected chi connectivity index (χ4v) is 2.74. The monoisotopic (exact) mass is 197 g/mol. The fraction of sp³-hybridized carbons (Fsp3) is 1.00. The molecule has 1 N–H and O–H groups in total. The van der Waals surface area contributed by atoms with E-state index in [1.807, 2.05) is 0 Å². The van der Waals surface area contributed by atoms with E-state index in [1.165, 1.54) is 32.4 Å². The first-order chi connectivity index (χ1) is 6.46. The zero-order valence-corrected chi connectivity index (χ0v) is 10.6. The lowest BCUT2D eigenvalue weighted by Crippen LogP contribution is -2.61. The summed E-state index contributed by atoms with van der Waals surface area (Å²) in [6.07, 6.45) is 4.09. The second-order valence-corrected chi connectivity index (χ2v) is 5.84. The van der Waals surface area contributed by atoms with E-state index >= 15 is 0 Å². The van der Waals surface area contributed by atoms with Crippen molar-refractivity contribution in [3.8, 4) is 0 Å². The summed E-state index contributed by atoms with van der Waals surface area (Å²) in [5.74, 6) is 0.793. The third kappa shape index (κ3) is 1.84. The molecule has 1 unspecified atom stereocenters. The highest BCUT2D eigenvalue weighted by Gasteiger charge is 2.49. The van der Waals surface area contributed by atoms with Gasteiger partial charge in [0.2, 0.25) is 0 Å². The SMILES string of the molecule is CCCCC(C)(C(C)C)C1(C)CNC1. The van der Waals surface area contributed by atoms with Crippen LogP contribution in [0.4, 0.5) is 0 Å². The Balaban J connectivity index is 2.70. The molecule has 1 saturated heterocycles. The van der Waals surface area contributed by atoms with E-state index in [0.29, 0.717) is 10.8 Å². The summed E-state index contributed by atoms with van der Waals surface area (Å²) >= 11 is 0. The van der Waals surface area contributed by atoms with Crippen LogP contribution in [0, 0.1) is 16.7 Å². The van der Waals surface area contributed by atoms with Gasteiger partial charge in [-0.1, -0.05) is 47.5 Å². The van der Waals surface area contributed by atoms with Crippen molar-refractivity contribution >= 4 is 0 Å². The molecule has 0 aromatic carbocycles. The standard InChI is InChI=1S/C13H27N/c1-6-7-8-13(5,11(2)3)12(4)9-14-10-12/h11,14H,6-10H2,1-5H3. The third-order valence-electron chi connectivity index (χ3n) is 4.73. The molecule has 0 bridgehead atoms. The van der Waals surface area contributed by atoms with E-state index in [0.717, 1.165) is 5.92 Å². The van der Waals surface area contributed by atoms with Crippen molar-refractivity contribution in [1.82, 2.24) is 5.32 Å². The normalized spacial score (nSPS) is 24.4. The van der Waals surface area contributed by atoms with Crippen LogP contribution in [-0.2, 0) is 0 Å². The van der Waals surface area contributed by atoms with E-state index in [9.17, 15) is 0 Å². The van der Waals surface area contributed by atoms with Crippen LogP contribution in [0.1, 0.15) is 53.9 Å². The molecule has 1 atom stereocenters. The molecular weight excluding hydrogens is 170 g/mol. The van der Waals surface area contributed by atoms with Gasteiger partial charge in [0.15, 0.2) is 0 Å². The fourth-order valence-electron chi connectivity index (χ4n) is 2.74. The number of hydrogen-bond donors (Lipinski definition) is 1. The van der Waals surface area contributed by atoms with Gasteiger partial charge in [0.05, 0.1) is 0 Å². The largest absolute Gasteiger partial charge is 0.316 e. The van der Waals surface area contributed by atoms with Crippen molar-refractivity contribution in [1.29, 1.82) is 0 Å². The van der Waals surface area contributed by atoms with Gasteiger partial charge >= 0.3 is 0 Å². The quantitative estimate of drug-likeness (QED) is 0.712. The van der Waals surface area contributed by atoms with Gasteiger partial charge in [-0.3, -0.25) is 0 Å². The summed E-state index contributed by atoms with van der Waals surface area (Å²) in [4.78, 5) is 0. The molecule has 1 aliphatic heterocycles. The summed E-state index contributed by atoms with van der Waals surface area (Å²) in [6, 6.07) is 0. The Bertz CT molecular complexity index is 182. The van der Waals surface area contributed by atoms with E-state index < -0.39 is 0 Å². The molecule has 0 saturated carbocycles. The van der Waals surface area contributed by atoms with Gasteiger partial charge in [0.1, 0.15) is 0 Å². The molecule has 0 aromatic rings. The zero-order valence-electron chi connectivity index (χ0n) is 10.6. The number of nitrogens with one attached hydrogen (secondary N) is 1. The van der Waals surface area contributed by atoms with E-state index in [2.05, 4.69) is 39.9 Å². The van der Waals surface area contributed by atoms with Crippen molar-refractivity contribution in [3.05, 3.63) is 0 Å². The van der Waals surface area contributed by atoms with Gasteiger partial charge in [-0.05, 0) is 23.2 Å². The van der Waals surface area contributed by atoms with Gasteiger partial charge in [-0.15, -0.1) is 0 Å².